The van der Waals surface area contributed by atoms with Gasteiger partial charge in [0.15, 0.2) is 0 Å². The van der Waals surface area contributed by atoms with Crippen LogP contribution in [-0.2, 0) is 4.57 Å². The molecule has 0 aromatic carbocycles. The highest BCUT2D eigenvalue weighted by Gasteiger charge is 2.48. The molecule has 180 valence electrons. The van der Waals surface area contributed by atoms with E-state index in [1.165, 1.54) is 77.0 Å². The summed E-state index contributed by atoms with van der Waals surface area (Å²) < 4.78 is 12.1. The fourth-order valence-electron chi connectivity index (χ4n) is 4.03. The number of unbranched alkanes of at least 4 members (excludes halogenated alkanes) is 14. The summed E-state index contributed by atoms with van der Waals surface area (Å²) >= 11 is 0. The van der Waals surface area contributed by atoms with Crippen LogP contribution < -0.4 is 0 Å². The number of quaternary nitrogens is 1. The predicted molar refractivity (Wildman–Crippen MR) is 129 cm³/mol. The van der Waals surface area contributed by atoms with Gasteiger partial charge >= 0.3 is 7.60 Å². The van der Waals surface area contributed by atoms with Gasteiger partial charge in [-0.3, -0.25) is 4.57 Å². The van der Waals surface area contributed by atoms with Crippen molar-refractivity contribution in [3.63, 3.8) is 0 Å². The van der Waals surface area contributed by atoms with Gasteiger partial charge in [0, 0.05) is 0 Å². The minimum absolute atomic E-state index is 0.0630. The van der Waals surface area contributed by atoms with E-state index in [0.29, 0.717) is 10.9 Å². The Morgan fingerprint density at radius 3 is 1.43 bits per heavy atom. The lowest BCUT2D eigenvalue weighted by molar-refractivity contribution is -0.875. The second kappa shape index (κ2) is 16.4. The van der Waals surface area contributed by atoms with Crippen LogP contribution in [0.5, 0.6) is 0 Å². The molecular formula is C24H51NO4P+. The minimum Gasteiger partial charge on any atom is -0.373 e. The van der Waals surface area contributed by atoms with Crippen molar-refractivity contribution < 1.29 is 23.9 Å². The molecule has 0 spiro atoms. The molecule has 0 aliphatic carbocycles. The molecule has 0 fully saturated rings. The standard InChI is InChI=1S/C24H50NO4P/c1-5-6-7-8-9-10-11-12-13-14-15-16-17-18-19-20-21-22-24(26,30(27,28)29)23-25(2,3)4/h5-6,26H,7-23H2,1-4H3,(H-,27,28,29)/p+1/b6-5-. The van der Waals surface area contributed by atoms with Crippen LogP contribution in [0.3, 0.4) is 0 Å². The van der Waals surface area contributed by atoms with Gasteiger partial charge in [0.25, 0.3) is 0 Å². The zero-order valence-corrected chi connectivity index (χ0v) is 21.2. The van der Waals surface area contributed by atoms with Crippen LogP contribution in [-0.4, -0.2) is 52.4 Å². The Hall–Kier alpha value is -0.190. The van der Waals surface area contributed by atoms with Crippen molar-refractivity contribution in [1.29, 1.82) is 0 Å². The van der Waals surface area contributed by atoms with Crippen LogP contribution in [0, 0.1) is 0 Å². The van der Waals surface area contributed by atoms with E-state index >= 15 is 0 Å². The highest BCUT2D eigenvalue weighted by Crippen LogP contribution is 2.52. The van der Waals surface area contributed by atoms with Gasteiger partial charge in [-0.05, 0) is 32.6 Å². The van der Waals surface area contributed by atoms with Crippen LogP contribution in [0.2, 0.25) is 0 Å². The second-order valence-electron chi connectivity index (χ2n) is 10.0. The van der Waals surface area contributed by atoms with E-state index in [1.807, 2.05) is 21.1 Å². The summed E-state index contributed by atoms with van der Waals surface area (Å²) in [5, 5.41) is 8.62. The van der Waals surface area contributed by atoms with E-state index in [1.54, 1.807) is 0 Å². The van der Waals surface area contributed by atoms with E-state index in [0.717, 1.165) is 12.8 Å². The third-order valence-corrected chi connectivity index (χ3v) is 7.15. The molecule has 5 nitrogen and oxygen atoms in total. The van der Waals surface area contributed by atoms with Gasteiger partial charge in [0.05, 0.1) is 21.1 Å². The normalized spacial score (nSPS) is 15.0. The zero-order chi connectivity index (χ0) is 22.9. The number of allylic oxidation sites excluding steroid dienone is 2. The summed E-state index contributed by atoms with van der Waals surface area (Å²) in [5.74, 6) is 0. The number of hydrogen-bond donors (Lipinski definition) is 3. The molecule has 0 aliphatic heterocycles. The van der Waals surface area contributed by atoms with Gasteiger partial charge in [-0.1, -0.05) is 89.2 Å². The van der Waals surface area contributed by atoms with Crippen molar-refractivity contribution in [2.75, 3.05) is 27.7 Å². The summed E-state index contributed by atoms with van der Waals surface area (Å²) in [6.45, 7) is 2.15. The lowest BCUT2D eigenvalue weighted by Crippen LogP contribution is -2.49. The van der Waals surface area contributed by atoms with Gasteiger partial charge in [-0.15, -0.1) is 0 Å². The fourth-order valence-corrected chi connectivity index (χ4v) is 5.09. The first-order valence-corrected chi connectivity index (χ1v) is 13.8. The van der Waals surface area contributed by atoms with Crippen LogP contribution in [0.4, 0.5) is 0 Å². The molecule has 0 radical (unpaired) electrons. The summed E-state index contributed by atoms with van der Waals surface area (Å²) in [6.07, 6.45) is 23.0. The van der Waals surface area contributed by atoms with Crippen molar-refractivity contribution in [1.82, 2.24) is 0 Å². The van der Waals surface area contributed by atoms with Gasteiger partial charge < -0.3 is 19.4 Å². The Balaban J connectivity index is 3.60. The number of nitrogens with zero attached hydrogens (tertiary/aromatic N) is 1. The Morgan fingerprint density at radius 2 is 1.10 bits per heavy atom. The lowest BCUT2D eigenvalue weighted by atomic mass is 10.0. The summed E-state index contributed by atoms with van der Waals surface area (Å²) in [7, 11) is 0.983. The van der Waals surface area contributed by atoms with Crippen molar-refractivity contribution >= 4 is 7.60 Å². The van der Waals surface area contributed by atoms with Gasteiger partial charge in [-0.25, -0.2) is 0 Å². The molecule has 0 aromatic heterocycles. The maximum atomic E-state index is 11.8. The highest BCUT2D eigenvalue weighted by atomic mass is 31.2. The van der Waals surface area contributed by atoms with Gasteiger partial charge in [0.2, 0.25) is 5.34 Å². The van der Waals surface area contributed by atoms with Crippen LogP contribution in [0.25, 0.3) is 0 Å². The SMILES string of the molecule is C/C=C\CCCCCCCCCCCCCCCCC(O)(C[N+](C)(C)C)P(=O)(O)O. The molecule has 6 heteroatoms. The van der Waals surface area contributed by atoms with E-state index in [2.05, 4.69) is 19.1 Å². The van der Waals surface area contributed by atoms with E-state index in [4.69, 9.17) is 0 Å². The van der Waals surface area contributed by atoms with Crippen LogP contribution in [0.15, 0.2) is 12.2 Å². The maximum absolute atomic E-state index is 11.8. The van der Waals surface area contributed by atoms with Crippen molar-refractivity contribution in [3.05, 3.63) is 12.2 Å². The topological polar surface area (TPSA) is 77.8 Å². The molecule has 1 atom stereocenters. The lowest BCUT2D eigenvalue weighted by Gasteiger charge is -2.35. The first-order valence-electron chi connectivity index (χ1n) is 12.2. The highest BCUT2D eigenvalue weighted by molar-refractivity contribution is 7.53. The van der Waals surface area contributed by atoms with Gasteiger partial charge in [0.1, 0.15) is 6.54 Å². The Bertz CT molecular complexity index is 484. The summed E-state index contributed by atoms with van der Waals surface area (Å²) in [5.41, 5.74) is 0. The molecule has 30 heavy (non-hydrogen) atoms. The molecule has 0 saturated heterocycles. The molecule has 0 heterocycles. The molecule has 3 N–H and O–H groups in total. The quantitative estimate of drug-likeness (QED) is 0.0874. The number of rotatable bonds is 20. The fraction of sp³-hybridized carbons (Fsp3) is 0.917. The third-order valence-electron chi connectivity index (χ3n) is 5.70. The van der Waals surface area contributed by atoms with E-state index < -0.39 is 12.9 Å². The molecule has 0 bridgehead atoms. The zero-order valence-electron chi connectivity index (χ0n) is 20.3. The predicted octanol–water partition coefficient (Wildman–Crippen LogP) is 6.38. The van der Waals surface area contributed by atoms with Gasteiger partial charge in [-0.2, -0.15) is 0 Å². The average molecular weight is 449 g/mol. The second-order valence-corrected chi connectivity index (χ2v) is 12.0. The monoisotopic (exact) mass is 448 g/mol. The molecule has 1 unspecified atom stereocenters. The third kappa shape index (κ3) is 16.5. The van der Waals surface area contributed by atoms with Crippen molar-refractivity contribution in [3.8, 4) is 0 Å². The number of aliphatic hydroxyl groups is 1. The van der Waals surface area contributed by atoms with E-state index in [-0.39, 0.29) is 13.0 Å². The Morgan fingerprint density at radius 1 is 0.733 bits per heavy atom. The van der Waals surface area contributed by atoms with Crippen molar-refractivity contribution in [2.45, 2.75) is 115 Å². The smallest absolute Gasteiger partial charge is 0.362 e. The first-order chi connectivity index (χ1) is 14.0. The van der Waals surface area contributed by atoms with Crippen LogP contribution >= 0.6 is 7.60 Å². The molecular weight excluding hydrogens is 397 g/mol. The number of hydrogen-bond acceptors (Lipinski definition) is 2. The van der Waals surface area contributed by atoms with Crippen LogP contribution in [0.1, 0.15) is 110 Å². The molecule has 0 aromatic rings. The maximum Gasteiger partial charge on any atom is 0.362 e. The number of likely N-dealkylation sites (N-methyl/N-ethyl adjacent to an activating group) is 1. The molecule has 0 aliphatic rings. The Labute approximate surface area is 186 Å². The summed E-state index contributed by atoms with van der Waals surface area (Å²) in [4.78, 5) is 19.2. The molecule has 0 saturated carbocycles. The van der Waals surface area contributed by atoms with E-state index in [9.17, 15) is 19.5 Å². The summed E-state index contributed by atoms with van der Waals surface area (Å²) in [6, 6.07) is 0. The molecule has 0 amide bonds. The average Bonchev–Trinajstić information content (AvgIpc) is 2.62. The minimum atomic E-state index is -4.54. The molecule has 0 rings (SSSR count). The largest absolute Gasteiger partial charge is 0.373 e. The first kappa shape index (κ1) is 29.8. The Kier molecular flexibility index (Phi) is 16.3. The van der Waals surface area contributed by atoms with Crippen molar-refractivity contribution in [2.24, 2.45) is 0 Å².